The predicted octanol–water partition coefficient (Wildman–Crippen LogP) is 2.58. The fraction of sp³-hybridized carbons (Fsp3) is 0.625. The van der Waals surface area contributed by atoms with Gasteiger partial charge in [-0.3, -0.25) is 0 Å². The molecule has 0 radical (unpaired) electrons. The van der Waals surface area contributed by atoms with Gasteiger partial charge >= 0.3 is 0 Å². The van der Waals surface area contributed by atoms with Crippen molar-refractivity contribution in [2.24, 2.45) is 5.92 Å². The van der Waals surface area contributed by atoms with Crippen LogP contribution in [0.5, 0.6) is 0 Å². The molecule has 1 aromatic rings. The molecule has 1 aromatic carbocycles. The summed E-state index contributed by atoms with van der Waals surface area (Å²) < 4.78 is 0. The Hall–Kier alpha value is -1.22. The second kappa shape index (κ2) is 6.80. The molecule has 1 unspecified atom stereocenters. The van der Waals surface area contributed by atoms with Crippen LogP contribution in [0.4, 0.5) is 11.4 Å². The van der Waals surface area contributed by atoms with Crippen molar-refractivity contribution in [2.45, 2.75) is 19.8 Å². The maximum absolute atomic E-state index is 3.55. The van der Waals surface area contributed by atoms with Gasteiger partial charge in [0.1, 0.15) is 0 Å². The number of nitrogens with zero attached hydrogens (tertiary/aromatic N) is 2. The minimum absolute atomic E-state index is 0.793. The van der Waals surface area contributed by atoms with E-state index in [0.29, 0.717) is 0 Å². The van der Waals surface area contributed by atoms with Crippen LogP contribution in [0.3, 0.4) is 0 Å². The second-order valence-corrected chi connectivity index (χ2v) is 5.69. The molecular formula is C16H27N3. The van der Waals surface area contributed by atoms with Crippen LogP contribution in [0.25, 0.3) is 0 Å². The van der Waals surface area contributed by atoms with Gasteiger partial charge in [-0.05, 0) is 44.0 Å². The highest BCUT2D eigenvalue weighted by Crippen LogP contribution is 2.31. The van der Waals surface area contributed by atoms with E-state index in [1.807, 2.05) is 0 Å². The van der Waals surface area contributed by atoms with Crippen molar-refractivity contribution in [3.05, 3.63) is 24.3 Å². The van der Waals surface area contributed by atoms with E-state index in [1.54, 1.807) is 0 Å². The molecule has 19 heavy (non-hydrogen) atoms. The number of hydrogen-bond acceptors (Lipinski definition) is 3. The van der Waals surface area contributed by atoms with E-state index in [9.17, 15) is 0 Å². The van der Waals surface area contributed by atoms with Crippen LogP contribution >= 0.6 is 0 Å². The van der Waals surface area contributed by atoms with Crippen molar-refractivity contribution >= 4 is 11.4 Å². The fourth-order valence-electron chi connectivity index (χ4n) is 2.81. The monoisotopic (exact) mass is 261 g/mol. The van der Waals surface area contributed by atoms with E-state index in [2.05, 4.69) is 60.4 Å². The van der Waals surface area contributed by atoms with Crippen LogP contribution in [-0.2, 0) is 0 Å². The average molecular weight is 261 g/mol. The highest BCUT2D eigenvalue weighted by atomic mass is 15.2. The number of rotatable bonds is 6. The standard InChI is InChI=1S/C16H27N3/c1-4-10-17-12-14-9-11-19(13-14)16-8-6-5-7-15(16)18(2)3/h5-8,14,17H,4,9-13H2,1-3H3. The van der Waals surface area contributed by atoms with Crippen LogP contribution in [0.1, 0.15) is 19.8 Å². The van der Waals surface area contributed by atoms with Crippen LogP contribution in [0.15, 0.2) is 24.3 Å². The maximum atomic E-state index is 3.55. The first-order valence-electron chi connectivity index (χ1n) is 7.44. The Labute approximate surface area is 117 Å². The molecule has 0 amide bonds. The largest absolute Gasteiger partial charge is 0.376 e. The van der Waals surface area contributed by atoms with Gasteiger partial charge in [0.25, 0.3) is 0 Å². The van der Waals surface area contributed by atoms with Crippen LogP contribution in [-0.4, -0.2) is 40.3 Å². The third-order valence-corrected chi connectivity index (χ3v) is 3.85. The Morgan fingerprint density at radius 1 is 1.32 bits per heavy atom. The molecule has 1 aliphatic rings. The SMILES string of the molecule is CCCNCC1CCN(c2ccccc2N(C)C)C1. The van der Waals surface area contributed by atoms with Gasteiger partial charge in [0.15, 0.2) is 0 Å². The first-order valence-corrected chi connectivity index (χ1v) is 7.44. The summed E-state index contributed by atoms with van der Waals surface area (Å²) in [4.78, 5) is 4.74. The lowest BCUT2D eigenvalue weighted by Gasteiger charge is -2.25. The molecule has 1 aliphatic heterocycles. The van der Waals surface area contributed by atoms with E-state index >= 15 is 0 Å². The zero-order valence-corrected chi connectivity index (χ0v) is 12.5. The Bertz CT molecular complexity index is 389. The Morgan fingerprint density at radius 2 is 2.11 bits per heavy atom. The molecule has 2 rings (SSSR count). The third kappa shape index (κ3) is 3.63. The highest BCUT2D eigenvalue weighted by Gasteiger charge is 2.23. The van der Waals surface area contributed by atoms with Gasteiger partial charge in [0, 0.05) is 27.2 Å². The van der Waals surface area contributed by atoms with Gasteiger partial charge in [-0.1, -0.05) is 19.1 Å². The van der Waals surface area contributed by atoms with Gasteiger partial charge < -0.3 is 15.1 Å². The van der Waals surface area contributed by atoms with Gasteiger partial charge in [-0.15, -0.1) is 0 Å². The molecule has 1 atom stereocenters. The number of para-hydroxylation sites is 2. The normalized spacial score (nSPS) is 18.9. The average Bonchev–Trinajstić information content (AvgIpc) is 2.88. The third-order valence-electron chi connectivity index (χ3n) is 3.85. The number of benzene rings is 1. The molecule has 1 saturated heterocycles. The highest BCUT2D eigenvalue weighted by molar-refractivity contribution is 5.71. The topological polar surface area (TPSA) is 18.5 Å². The first-order chi connectivity index (χ1) is 9.22. The van der Waals surface area contributed by atoms with E-state index in [1.165, 1.54) is 37.3 Å². The molecule has 106 valence electrons. The van der Waals surface area contributed by atoms with Gasteiger partial charge in [0.2, 0.25) is 0 Å². The lowest BCUT2D eigenvalue weighted by Crippen LogP contribution is -2.27. The first kappa shape index (κ1) is 14.2. The number of hydrogen-bond donors (Lipinski definition) is 1. The van der Waals surface area contributed by atoms with Crippen molar-refractivity contribution in [3.8, 4) is 0 Å². The van der Waals surface area contributed by atoms with E-state index in [-0.39, 0.29) is 0 Å². The van der Waals surface area contributed by atoms with Crippen molar-refractivity contribution in [3.63, 3.8) is 0 Å². The van der Waals surface area contributed by atoms with Crippen molar-refractivity contribution < 1.29 is 0 Å². The van der Waals surface area contributed by atoms with E-state index in [4.69, 9.17) is 0 Å². The van der Waals surface area contributed by atoms with Crippen molar-refractivity contribution in [1.29, 1.82) is 0 Å². The number of anilines is 2. The van der Waals surface area contributed by atoms with Crippen molar-refractivity contribution in [2.75, 3.05) is 50.1 Å². The van der Waals surface area contributed by atoms with Crippen molar-refractivity contribution in [1.82, 2.24) is 5.32 Å². The molecule has 1 heterocycles. The smallest absolute Gasteiger partial charge is 0.0603 e. The lowest BCUT2D eigenvalue weighted by atomic mass is 10.1. The zero-order valence-electron chi connectivity index (χ0n) is 12.5. The van der Waals surface area contributed by atoms with Crippen LogP contribution < -0.4 is 15.1 Å². The molecule has 3 nitrogen and oxygen atoms in total. The maximum Gasteiger partial charge on any atom is 0.0603 e. The molecule has 0 spiro atoms. The Balaban J connectivity index is 1.97. The zero-order chi connectivity index (χ0) is 13.7. The Kier molecular flexibility index (Phi) is 5.08. The summed E-state index contributed by atoms with van der Waals surface area (Å²) in [5.41, 5.74) is 2.70. The summed E-state index contributed by atoms with van der Waals surface area (Å²) in [7, 11) is 4.24. The summed E-state index contributed by atoms with van der Waals surface area (Å²) >= 11 is 0. The number of nitrogens with one attached hydrogen (secondary N) is 1. The quantitative estimate of drug-likeness (QED) is 0.794. The van der Waals surface area contributed by atoms with Gasteiger partial charge in [-0.25, -0.2) is 0 Å². The second-order valence-electron chi connectivity index (χ2n) is 5.69. The molecule has 0 aliphatic carbocycles. The fourth-order valence-corrected chi connectivity index (χ4v) is 2.81. The van der Waals surface area contributed by atoms with Crippen LogP contribution in [0.2, 0.25) is 0 Å². The minimum atomic E-state index is 0.793. The molecule has 1 fully saturated rings. The minimum Gasteiger partial charge on any atom is -0.376 e. The van der Waals surface area contributed by atoms with Crippen LogP contribution in [0, 0.1) is 5.92 Å². The molecule has 0 bridgehead atoms. The summed E-state index contributed by atoms with van der Waals surface area (Å²) in [5, 5.41) is 3.55. The summed E-state index contributed by atoms with van der Waals surface area (Å²) in [6, 6.07) is 8.72. The van der Waals surface area contributed by atoms with Gasteiger partial charge in [-0.2, -0.15) is 0 Å². The summed E-state index contributed by atoms with van der Waals surface area (Å²) in [5.74, 6) is 0.793. The summed E-state index contributed by atoms with van der Waals surface area (Å²) in [6.45, 7) is 6.89. The predicted molar refractivity (Wildman–Crippen MR) is 84.2 cm³/mol. The van der Waals surface area contributed by atoms with Gasteiger partial charge in [0.05, 0.1) is 11.4 Å². The molecule has 0 aromatic heterocycles. The molecular weight excluding hydrogens is 234 g/mol. The lowest BCUT2D eigenvalue weighted by molar-refractivity contribution is 0.516. The Morgan fingerprint density at radius 3 is 2.84 bits per heavy atom. The summed E-state index contributed by atoms with van der Waals surface area (Å²) in [6.07, 6.45) is 2.53. The molecule has 3 heteroatoms. The molecule has 0 saturated carbocycles. The molecule has 1 N–H and O–H groups in total. The van der Waals surface area contributed by atoms with E-state index in [0.717, 1.165) is 19.0 Å². The van der Waals surface area contributed by atoms with E-state index < -0.39 is 0 Å².